The standard InChI is InChI=1S/C19H22ClN3O3/c1-12-9-15(13(2)22(12)3)11-23(7-8-25-4)18(24)14-5-6-16-17(10-14)26-19(20)21-16/h5-6,9-10H,7-8,11H2,1-4H3. The summed E-state index contributed by atoms with van der Waals surface area (Å²) in [6, 6.07) is 7.28. The molecule has 1 aromatic carbocycles. The number of benzene rings is 1. The monoisotopic (exact) mass is 375 g/mol. The van der Waals surface area contributed by atoms with Gasteiger partial charge in [0.1, 0.15) is 5.52 Å². The Morgan fingerprint density at radius 1 is 1.35 bits per heavy atom. The Kier molecular flexibility index (Phi) is 5.34. The van der Waals surface area contributed by atoms with Gasteiger partial charge >= 0.3 is 0 Å². The Bertz CT molecular complexity index is 945. The molecule has 0 spiro atoms. The number of nitrogens with zero attached hydrogens (tertiary/aromatic N) is 3. The van der Waals surface area contributed by atoms with E-state index in [0.29, 0.717) is 36.4 Å². The molecule has 6 nitrogen and oxygen atoms in total. The summed E-state index contributed by atoms with van der Waals surface area (Å²) in [5.74, 6) is -0.0858. The summed E-state index contributed by atoms with van der Waals surface area (Å²) in [5, 5.41) is 0.0659. The number of ether oxygens (including phenoxy) is 1. The van der Waals surface area contributed by atoms with Gasteiger partial charge in [-0.25, -0.2) is 0 Å². The molecule has 3 rings (SSSR count). The summed E-state index contributed by atoms with van der Waals surface area (Å²) in [5.41, 5.74) is 5.10. The van der Waals surface area contributed by atoms with Crippen LogP contribution < -0.4 is 0 Å². The lowest BCUT2D eigenvalue weighted by molar-refractivity contribution is 0.0680. The molecule has 2 aromatic heterocycles. The van der Waals surface area contributed by atoms with Crippen molar-refractivity contribution in [3.05, 3.63) is 52.1 Å². The molecule has 0 fully saturated rings. The quantitative estimate of drug-likeness (QED) is 0.658. The molecule has 0 aliphatic heterocycles. The molecule has 2 heterocycles. The largest absolute Gasteiger partial charge is 0.428 e. The Balaban J connectivity index is 1.89. The lowest BCUT2D eigenvalue weighted by atomic mass is 10.1. The van der Waals surface area contributed by atoms with Crippen LogP contribution in [0.25, 0.3) is 11.1 Å². The van der Waals surface area contributed by atoms with Gasteiger partial charge in [0.2, 0.25) is 0 Å². The van der Waals surface area contributed by atoms with E-state index in [2.05, 4.69) is 29.5 Å². The van der Waals surface area contributed by atoms with Gasteiger partial charge < -0.3 is 18.6 Å². The number of carbonyl (C=O) groups is 1. The topological polar surface area (TPSA) is 60.5 Å². The first-order valence-corrected chi connectivity index (χ1v) is 8.74. The third kappa shape index (κ3) is 3.61. The van der Waals surface area contributed by atoms with E-state index in [1.807, 2.05) is 7.05 Å². The molecule has 0 atom stereocenters. The minimum Gasteiger partial charge on any atom is -0.428 e. The number of rotatable bonds is 6. The number of oxazole rings is 1. The molecule has 0 radical (unpaired) electrons. The van der Waals surface area contributed by atoms with Crippen molar-refractivity contribution in [2.45, 2.75) is 20.4 Å². The highest BCUT2D eigenvalue weighted by atomic mass is 35.5. The van der Waals surface area contributed by atoms with Crippen LogP contribution in [0.2, 0.25) is 5.35 Å². The van der Waals surface area contributed by atoms with Crippen molar-refractivity contribution in [2.75, 3.05) is 20.3 Å². The molecule has 0 bridgehead atoms. The van der Waals surface area contributed by atoms with Gasteiger partial charge in [0.25, 0.3) is 11.3 Å². The third-order valence-electron chi connectivity index (χ3n) is 4.70. The van der Waals surface area contributed by atoms with Crippen LogP contribution in [-0.2, 0) is 18.3 Å². The summed E-state index contributed by atoms with van der Waals surface area (Å²) < 4.78 is 12.6. The average Bonchev–Trinajstić information content (AvgIpc) is 3.11. The number of hydrogen-bond acceptors (Lipinski definition) is 4. The Hall–Kier alpha value is -2.31. The van der Waals surface area contributed by atoms with E-state index in [9.17, 15) is 4.79 Å². The van der Waals surface area contributed by atoms with E-state index in [-0.39, 0.29) is 11.3 Å². The Morgan fingerprint density at radius 2 is 2.12 bits per heavy atom. The Morgan fingerprint density at radius 3 is 2.77 bits per heavy atom. The van der Waals surface area contributed by atoms with E-state index < -0.39 is 0 Å². The van der Waals surface area contributed by atoms with Crippen LogP contribution in [0.1, 0.15) is 27.3 Å². The number of aryl methyl sites for hydroxylation is 1. The minimum atomic E-state index is -0.0858. The minimum absolute atomic E-state index is 0.0659. The molecule has 0 saturated heterocycles. The predicted octanol–water partition coefficient (Wildman–Crippen LogP) is 3.73. The summed E-state index contributed by atoms with van der Waals surface area (Å²) in [4.78, 5) is 18.9. The number of amides is 1. The fraction of sp³-hybridized carbons (Fsp3) is 0.368. The van der Waals surface area contributed by atoms with Crippen molar-refractivity contribution in [1.29, 1.82) is 0 Å². The van der Waals surface area contributed by atoms with Crippen LogP contribution in [0.4, 0.5) is 0 Å². The highest BCUT2D eigenvalue weighted by molar-refractivity contribution is 6.28. The first kappa shape index (κ1) is 18.5. The first-order valence-electron chi connectivity index (χ1n) is 8.36. The zero-order valence-corrected chi connectivity index (χ0v) is 16.1. The second-order valence-corrected chi connectivity index (χ2v) is 6.65. The summed E-state index contributed by atoms with van der Waals surface area (Å²) in [7, 11) is 3.65. The molecule has 0 saturated carbocycles. The average molecular weight is 376 g/mol. The van der Waals surface area contributed by atoms with E-state index in [1.165, 1.54) is 0 Å². The van der Waals surface area contributed by atoms with E-state index in [4.69, 9.17) is 20.8 Å². The lowest BCUT2D eigenvalue weighted by Gasteiger charge is -2.22. The summed E-state index contributed by atoms with van der Waals surface area (Å²) in [6.07, 6.45) is 0. The molecule has 0 aliphatic carbocycles. The van der Waals surface area contributed by atoms with Gasteiger partial charge in [-0.2, -0.15) is 4.98 Å². The maximum atomic E-state index is 13.1. The van der Waals surface area contributed by atoms with Crippen molar-refractivity contribution in [1.82, 2.24) is 14.5 Å². The SMILES string of the molecule is COCCN(Cc1cc(C)n(C)c1C)C(=O)c1ccc2nc(Cl)oc2c1. The maximum absolute atomic E-state index is 13.1. The highest BCUT2D eigenvalue weighted by Crippen LogP contribution is 2.22. The zero-order valence-electron chi connectivity index (χ0n) is 15.4. The van der Waals surface area contributed by atoms with E-state index in [1.54, 1.807) is 30.2 Å². The third-order valence-corrected chi connectivity index (χ3v) is 4.86. The van der Waals surface area contributed by atoms with Crippen molar-refractivity contribution in [3.63, 3.8) is 0 Å². The predicted molar refractivity (Wildman–Crippen MR) is 101 cm³/mol. The van der Waals surface area contributed by atoms with Gasteiger partial charge in [-0.3, -0.25) is 4.79 Å². The fourth-order valence-electron chi connectivity index (χ4n) is 2.97. The fourth-order valence-corrected chi connectivity index (χ4v) is 3.14. The molecule has 3 aromatic rings. The van der Waals surface area contributed by atoms with E-state index in [0.717, 1.165) is 17.0 Å². The Labute approximate surface area is 157 Å². The first-order chi connectivity index (χ1) is 12.4. The van der Waals surface area contributed by atoms with Gasteiger partial charge in [-0.1, -0.05) is 0 Å². The molecular weight excluding hydrogens is 354 g/mol. The summed E-state index contributed by atoms with van der Waals surface area (Å²) in [6.45, 7) is 5.60. The van der Waals surface area contributed by atoms with Gasteiger partial charge in [-0.05, 0) is 55.3 Å². The van der Waals surface area contributed by atoms with Crippen LogP contribution in [-0.4, -0.2) is 40.6 Å². The van der Waals surface area contributed by atoms with Crippen LogP contribution in [0.5, 0.6) is 0 Å². The molecule has 0 unspecified atom stereocenters. The number of hydrogen-bond donors (Lipinski definition) is 0. The number of methoxy groups -OCH3 is 1. The van der Waals surface area contributed by atoms with Crippen molar-refractivity contribution in [3.8, 4) is 0 Å². The van der Waals surface area contributed by atoms with Crippen molar-refractivity contribution < 1.29 is 13.9 Å². The molecule has 26 heavy (non-hydrogen) atoms. The highest BCUT2D eigenvalue weighted by Gasteiger charge is 2.19. The van der Waals surface area contributed by atoms with Crippen molar-refractivity contribution in [2.24, 2.45) is 7.05 Å². The molecular formula is C19H22ClN3O3. The van der Waals surface area contributed by atoms with Crippen molar-refractivity contribution >= 4 is 28.6 Å². The smallest absolute Gasteiger partial charge is 0.293 e. The van der Waals surface area contributed by atoms with Gasteiger partial charge in [0.05, 0.1) is 6.61 Å². The van der Waals surface area contributed by atoms with E-state index >= 15 is 0 Å². The molecule has 7 heteroatoms. The number of fused-ring (bicyclic) bond motifs is 1. The van der Waals surface area contributed by atoms with Gasteiger partial charge in [0.15, 0.2) is 5.58 Å². The molecule has 0 aliphatic rings. The summed E-state index contributed by atoms with van der Waals surface area (Å²) >= 11 is 5.80. The second-order valence-electron chi connectivity index (χ2n) is 6.32. The number of carbonyl (C=O) groups excluding carboxylic acids is 1. The molecule has 0 N–H and O–H groups in total. The number of aromatic nitrogens is 2. The maximum Gasteiger partial charge on any atom is 0.293 e. The van der Waals surface area contributed by atoms with Crippen LogP contribution in [0.3, 0.4) is 0 Å². The second kappa shape index (κ2) is 7.51. The normalized spacial score (nSPS) is 11.3. The van der Waals surface area contributed by atoms with Crippen LogP contribution in [0, 0.1) is 13.8 Å². The lowest BCUT2D eigenvalue weighted by Crippen LogP contribution is -2.33. The molecule has 1 amide bonds. The van der Waals surface area contributed by atoms with Gasteiger partial charge in [0, 0.05) is 44.2 Å². The van der Waals surface area contributed by atoms with Crippen LogP contribution in [0.15, 0.2) is 28.7 Å². The van der Waals surface area contributed by atoms with Crippen LogP contribution >= 0.6 is 11.6 Å². The van der Waals surface area contributed by atoms with Gasteiger partial charge in [-0.15, -0.1) is 0 Å². The molecule has 138 valence electrons. The number of halogens is 1. The zero-order chi connectivity index (χ0) is 18.8.